The van der Waals surface area contributed by atoms with Crippen LogP contribution < -0.4 is 5.73 Å². The summed E-state index contributed by atoms with van der Waals surface area (Å²) in [6.07, 6.45) is 3.10. The molecular formula is C11H7F2N5O. The molecule has 96 valence electrons. The number of nitrogen functional groups attached to an aromatic ring is 1. The predicted octanol–water partition coefficient (Wildman–Crippen LogP) is 1.99. The Labute approximate surface area is 105 Å². The van der Waals surface area contributed by atoms with E-state index in [1.165, 1.54) is 6.20 Å². The quantitative estimate of drug-likeness (QED) is 0.689. The van der Waals surface area contributed by atoms with Crippen molar-refractivity contribution in [3.8, 4) is 23.1 Å². The number of anilines is 1. The van der Waals surface area contributed by atoms with Crippen LogP contribution in [0.1, 0.15) is 0 Å². The minimum Gasteiger partial charge on any atom is -0.396 e. The van der Waals surface area contributed by atoms with Crippen molar-refractivity contribution in [2.75, 3.05) is 5.73 Å². The second-order valence-electron chi connectivity index (χ2n) is 3.71. The first-order valence-electron chi connectivity index (χ1n) is 5.23. The van der Waals surface area contributed by atoms with E-state index in [-0.39, 0.29) is 23.0 Å². The van der Waals surface area contributed by atoms with E-state index in [2.05, 4.69) is 20.1 Å². The molecule has 1 aromatic carbocycles. The van der Waals surface area contributed by atoms with Gasteiger partial charge in [-0.15, -0.1) is 0 Å². The molecule has 3 aromatic rings. The van der Waals surface area contributed by atoms with Gasteiger partial charge in [-0.3, -0.25) is 0 Å². The topological polar surface area (TPSA) is 93.6 Å². The highest BCUT2D eigenvalue weighted by Gasteiger charge is 2.17. The number of nitrogens with two attached hydrogens (primary N) is 1. The lowest BCUT2D eigenvalue weighted by Gasteiger charge is -2.00. The van der Waals surface area contributed by atoms with Crippen LogP contribution in [0.15, 0.2) is 29.0 Å². The van der Waals surface area contributed by atoms with Gasteiger partial charge in [0.05, 0.1) is 11.3 Å². The van der Waals surface area contributed by atoms with E-state index in [9.17, 15) is 8.78 Å². The maximum Gasteiger partial charge on any atom is 0.261 e. The second kappa shape index (κ2) is 4.16. The zero-order valence-electron chi connectivity index (χ0n) is 9.39. The van der Waals surface area contributed by atoms with Gasteiger partial charge in [0.15, 0.2) is 5.82 Å². The highest BCUT2D eigenvalue weighted by Crippen LogP contribution is 2.26. The Kier molecular flexibility index (Phi) is 2.48. The molecule has 0 saturated carbocycles. The molecule has 0 aliphatic rings. The number of nitrogens with one attached hydrogen (secondary N) is 1. The number of hydrogen-bond donors (Lipinski definition) is 2. The molecule has 19 heavy (non-hydrogen) atoms. The fourth-order valence-electron chi connectivity index (χ4n) is 1.55. The highest BCUT2D eigenvalue weighted by atomic mass is 19.1. The number of rotatable bonds is 2. The maximum absolute atomic E-state index is 13.6. The molecule has 2 heterocycles. The number of H-pyrrole nitrogens is 1. The van der Waals surface area contributed by atoms with Crippen molar-refractivity contribution in [2.24, 2.45) is 0 Å². The van der Waals surface area contributed by atoms with E-state index in [1.54, 1.807) is 6.20 Å². The van der Waals surface area contributed by atoms with Crippen LogP contribution in [0.3, 0.4) is 0 Å². The molecule has 0 saturated heterocycles. The number of imidazole rings is 1. The van der Waals surface area contributed by atoms with Crippen molar-refractivity contribution >= 4 is 5.69 Å². The van der Waals surface area contributed by atoms with Crippen LogP contribution in [-0.4, -0.2) is 20.1 Å². The zero-order chi connectivity index (χ0) is 13.4. The first-order valence-corrected chi connectivity index (χ1v) is 5.23. The fourth-order valence-corrected chi connectivity index (χ4v) is 1.55. The van der Waals surface area contributed by atoms with Gasteiger partial charge in [0.1, 0.15) is 11.6 Å². The van der Waals surface area contributed by atoms with E-state index in [4.69, 9.17) is 10.3 Å². The van der Waals surface area contributed by atoms with Crippen molar-refractivity contribution in [2.45, 2.75) is 0 Å². The largest absolute Gasteiger partial charge is 0.396 e. The number of hydrogen-bond acceptors (Lipinski definition) is 5. The average Bonchev–Trinajstić information content (AvgIpc) is 3.03. The van der Waals surface area contributed by atoms with Crippen LogP contribution in [0.4, 0.5) is 14.5 Å². The minimum atomic E-state index is -0.841. The maximum atomic E-state index is 13.6. The monoisotopic (exact) mass is 263 g/mol. The Morgan fingerprint density at radius 2 is 2.05 bits per heavy atom. The summed E-state index contributed by atoms with van der Waals surface area (Å²) >= 11 is 0. The fraction of sp³-hybridized carbons (Fsp3) is 0. The van der Waals surface area contributed by atoms with E-state index in [0.717, 1.165) is 6.07 Å². The summed E-state index contributed by atoms with van der Waals surface area (Å²) in [6.45, 7) is 0. The molecule has 0 aliphatic heterocycles. The lowest BCUT2D eigenvalue weighted by atomic mass is 10.2. The summed E-state index contributed by atoms with van der Waals surface area (Å²) in [5.41, 5.74) is 5.11. The van der Waals surface area contributed by atoms with Crippen LogP contribution >= 0.6 is 0 Å². The van der Waals surface area contributed by atoms with Crippen molar-refractivity contribution < 1.29 is 13.3 Å². The molecule has 0 unspecified atom stereocenters. The summed E-state index contributed by atoms with van der Waals surface area (Å²) in [4.78, 5) is 10.7. The van der Waals surface area contributed by atoms with Gasteiger partial charge >= 0.3 is 0 Å². The van der Waals surface area contributed by atoms with E-state index in [1.807, 2.05) is 0 Å². The molecule has 8 heteroatoms. The van der Waals surface area contributed by atoms with Gasteiger partial charge in [0.25, 0.3) is 5.89 Å². The van der Waals surface area contributed by atoms with Crippen molar-refractivity contribution in [3.63, 3.8) is 0 Å². The third-order valence-corrected chi connectivity index (χ3v) is 2.45. The number of benzene rings is 1. The summed E-state index contributed by atoms with van der Waals surface area (Å²) < 4.78 is 31.6. The Bertz CT molecular complexity index is 723. The van der Waals surface area contributed by atoms with Crippen LogP contribution in [0.2, 0.25) is 0 Å². The van der Waals surface area contributed by atoms with Crippen molar-refractivity contribution in [3.05, 3.63) is 36.2 Å². The van der Waals surface area contributed by atoms with Gasteiger partial charge in [-0.2, -0.15) is 4.98 Å². The van der Waals surface area contributed by atoms with Crippen molar-refractivity contribution in [1.82, 2.24) is 20.1 Å². The van der Waals surface area contributed by atoms with Crippen LogP contribution in [-0.2, 0) is 0 Å². The minimum absolute atomic E-state index is 0.0655. The van der Waals surface area contributed by atoms with E-state index < -0.39 is 11.6 Å². The van der Waals surface area contributed by atoms with Crippen molar-refractivity contribution in [1.29, 1.82) is 0 Å². The third-order valence-electron chi connectivity index (χ3n) is 2.45. The molecule has 0 amide bonds. The number of aromatic nitrogens is 4. The molecule has 3 N–H and O–H groups in total. The molecule has 6 nitrogen and oxygen atoms in total. The predicted molar refractivity (Wildman–Crippen MR) is 61.6 cm³/mol. The van der Waals surface area contributed by atoms with Gasteiger partial charge in [-0.25, -0.2) is 13.8 Å². The van der Waals surface area contributed by atoms with Gasteiger partial charge in [0.2, 0.25) is 5.82 Å². The second-order valence-corrected chi connectivity index (χ2v) is 3.71. The Morgan fingerprint density at radius 1 is 1.21 bits per heavy atom. The highest BCUT2D eigenvalue weighted by molar-refractivity contribution is 5.62. The van der Waals surface area contributed by atoms with Gasteiger partial charge in [-0.1, -0.05) is 5.16 Å². The van der Waals surface area contributed by atoms with Gasteiger partial charge in [-0.05, 0) is 6.07 Å². The summed E-state index contributed by atoms with van der Waals surface area (Å²) in [7, 11) is 0. The number of nitrogens with zero attached hydrogens (tertiary/aromatic N) is 3. The molecule has 0 aliphatic carbocycles. The van der Waals surface area contributed by atoms with Crippen LogP contribution in [0.25, 0.3) is 23.1 Å². The zero-order valence-corrected chi connectivity index (χ0v) is 9.39. The van der Waals surface area contributed by atoms with E-state index >= 15 is 0 Å². The SMILES string of the molecule is Nc1cc(-c2nc(-c3ncc[nH]3)no2)c(F)cc1F. The molecule has 0 radical (unpaired) electrons. The Hall–Kier alpha value is -2.77. The normalized spacial score (nSPS) is 10.8. The molecule has 0 atom stereocenters. The Morgan fingerprint density at radius 3 is 2.79 bits per heavy atom. The molecule has 0 spiro atoms. The lowest BCUT2D eigenvalue weighted by molar-refractivity contribution is 0.429. The summed E-state index contributed by atoms with van der Waals surface area (Å²) in [5, 5.41) is 3.65. The van der Waals surface area contributed by atoms with E-state index in [0.29, 0.717) is 11.9 Å². The smallest absolute Gasteiger partial charge is 0.261 e. The first kappa shape index (κ1) is 11.3. The lowest BCUT2D eigenvalue weighted by Crippen LogP contribution is -1.94. The molecule has 0 fully saturated rings. The van der Waals surface area contributed by atoms with Gasteiger partial charge in [0, 0.05) is 18.5 Å². The molecule has 0 bridgehead atoms. The molecular weight excluding hydrogens is 256 g/mol. The average molecular weight is 263 g/mol. The standard InChI is InChI=1S/C11H7F2N5O/c12-6-4-7(13)8(14)3-5(6)11-17-10(18-19-11)9-15-1-2-16-9/h1-4H,14H2,(H,15,16). The molecule has 2 aromatic heterocycles. The summed E-state index contributed by atoms with van der Waals surface area (Å²) in [6, 6.07) is 1.77. The third kappa shape index (κ3) is 1.92. The van der Waals surface area contributed by atoms with Crippen LogP contribution in [0.5, 0.6) is 0 Å². The number of halogens is 2. The Balaban J connectivity index is 2.06. The number of aromatic amines is 1. The molecule has 3 rings (SSSR count). The first-order chi connectivity index (χ1) is 9.15. The van der Waals surface area contributed by atoms with Gasteiger partial charge < -0.3 is 15.2 Å². The van der Waals surface area contributed by atoms with Crippen LogP contribution in [0, 0.1) is 11.6 Å². The summed E-state index contributed by atoms with van der Waals surface area (Å²) in [5.74, 6) is -1.23.